The molecular weight excluding hydrogens is 428 g/mol. The number of fused-ring (bicyclic) bond motifs is 1. The van der Waals surface area contributed by atoms with Gasteiger partial charge in [0.1, 0.15) is 0 Å². The number of carbonyl (C=O) groups is 1. The summed E-state index contributed by atoms with van der Waals surface area (Å²) in [5.41, 5.74) is 2.24. The molecule has 0 radical (unpaired) electrons. The number of benzene rings is 2. The van der Waals surface area contributed by atoms with Crippen LogP contribution in [-0.4, -0.2) is 66.5 Å². The molecule has 2 aliphatic heterocycles. The number of thiazole rings is 1. The minimum atomic E-state index is 0.265. The lowest BCUT2D eigenvalue weighted by atomic mass is 9.97. The fourth-order valence-corrected chi connectivity index (χ4v) is 5.86. The first kappa shape index (κ1) is 20.7. The number of anilines is 1. The summed E-state index contributed by atoms with van der Waals surface area (Å²) in [5.74, 6) is 0.748. The summed E-state index contributed by atoms with van der Waals surface area (Å²) in [6.07, 6.45) is 2.12. The second kappa shape index (κ2) is 9.15. The van der Waals surface area contributed by atoms with Crippen LogP contribution >= 0.6 is 22.9 Å². The van der Waals surface area contributed by atoms with Crippen molar-refractivity contribution in [3.63, 3.8) is 0 Å². The van der Waals surface area contributed by atoms with Crippen molar-refractivity contribution < 1.29 is 4.79 Å². The second-order valence-electron chi connectivity index (χ2n) is 8.42. The van der Waals surface area contributed by atoms with Gasteiger partial charge in [-0.05, 0) is 56.3 Å². The summed E-state index contributed by atoms with van der Waals surface area (Å²) in [6, 6.07) is 16.4. The van der Waals surface area contributed by atoms with Crippen LogP contribution in [0.2, 0.25) is 5.02 Å². The summed E-state index contributed by atoms with van der Waals surface area (Å²) in [5, 5.41) is 1.95. The van der Waals surface area contributed by atoms with Gasteiger partial charge in [-0.3, -0.25) is 9.69 Å². The van der Waals surface area contributed by atoms with E-state index in [1.807, 2.05) is 23.1 Å². The van der Waals surface area contributed by atoms with E-state index in [4.69, 9.17) is 16.6 Å². The van der Waals surface area contributed by atoms with Gasteiger partial charge in [-0.1, -0.05) is 29.8 Å². The van der Waals surface area contributed by atoms with E-state index < -0.39 is 0 Å². The Morgan fingerprint density at radius 2 is 1.74 bits per heavy atom. The van der Waals surface area contributed by atoms with Gasteiger partial charge in [-0.15, -0.1) is 11.3 Å². The van der Waals surface area contributed by atoms with E-state index in [1.165, 1.54) is 15.4 Å². The molecule has 5 nitrogen and oxygen atoms in total. The number of halogens is 1. The van der Waals surface area contributed by atoms with E-state index in [9.17, 15) is 4.79 Å². The molecule has 0 N–H and O–H groups in total. The Bertz CT molecular complexity index is 1040. The van der Waals surface area contributed by atoms with Crippen LogP contribution in [0.15, 0.2) is 48.5 Å². The molecule has 3 aromatic rings. The van der Waals surface area contributed by atoms with E-state index in [0.717, 1.165) is 62.6 Å². The van der Waals surface area contributed by atoms with Crippen LogP contribution in [0.25, 0.3) is 10.2 Å². The molecule has 162 valence electrons. The third-order valence-electron chi connectivity index (χ3n) is 6.42. The molecular formula is C24H27ClN4OS. The van der Waals surface area contributed by atoms with E-state index in [0.29, 0.717) is 12.5 Å². The van der Waals surface area contributed by atoms with Crippen LogP contribution in [-0.2, 0) is 4.79 Å². The Kier molecular flexibility index (Phi) is 6.12. The molecule has 3 heterocycles. The topological polar surface area (TPSA) is 39.7 Å². The Morgan fingerprint density at radius 1 is 1.00 bits per heavy atom. The average molecular weight is 455 g/mol. The van der Waals surface area contributed by atoms with Crippen molar-refractivity contribution >= 4 is 44.7 Å². The highest BCUT2D eigenvalue weighted by Gasteiger charge is 2.27. The lowest BCUT2D eigenvalue weighted by Gasteiger charge is -2.38. The molecule has 1 aromatic heterocycles. The predicted octanol–water partition coefficient (Wildman–Crippen LogP) is 4.48. The van der Waals surface area contributed by atoms with Gasteiger partial charge in [0.25, 0.3) is 0 Å². The number of piperazine rings is 1. The van der Waals surface area contributed by atoms with Crippen molar-refractivity contribution in [2.24, 2.45) is 0 Å². The first-order chi connectivity index (χ1) is 15.2. The molecule has 5 rings (SSSR count). The monoisotopic (exact) mass is 454 g/mol. The van der Waals surface area contributed by atoms with Crippen molar-refractivity contribution in [1.82, 2.24) is 14.8 Å². The normalized spacial score (nSPS) is 18.6. The van der Waals surface area contributed by atoms with E-state index in [1.54, 1.807) is 11.3 Å². The standard InChI is InChI=1S/C24H27ClN4OS/c25-19-6-7-22-21(16-19)26-24(31-22)18-8-10-27(11-9-18)17-23(30)29-14-12-28(13-15-29)20-4-2-1-3-5-20/h1-7,16,18H,8-15,17H2. The lowest BCUT2D eigenvalue weighted by Crippen LogP contribution is -2.51. The molecule has 0 bridgehead atoms. The van der Waals surface area contributed by atoms with Crippen molar-refractivity contribution in [3.05, 3.63) is 58.6 Å². The largest absolute Gasteiger partial charge is 0.368 e. The molecule has 2 fully saturated rings. The predicted molar refractivity (Wildman–Crippen MR) is 128 cm³/mol. The summed E-state index contributed by atoms with van der Waals surface area (Å²) in [7, 11) is 0. The summed E-state index contributed by atoms with van der Waals surface area (Å²) in [4.78, 5) is 24.4. The van der Waals surface area contributed by atoms with Crippen molar-refractivity contribution in [3.8, 4) is 0 Å². The number of likely N-dealkylation sites (tertiary alicyclic amines) is 1. The number of para-hydroxylation sites is 1. The number of carbonyl (C=O) groups excluding carboxylic acids is 1. The number of nitrogens with zero attached hydrogens (tertiary/aromatic N) is 4. The first-order valence-electron chi connectivity index (χ1n) is 11.0. The smallest absolute Gasteiger partial charge is 0.236 e. The summed E-state index contributed by atoms with van der Waals surface area (Å²) < 4.78 is 1.20. The molecule has 2 aromatic carbocycles. The molecule has 2 saturated heterocycles. The minimum absolute atomic E-state index is 0.265. The fourth-order valence-electron chi connectivity index (χ4n) is 4.58. The second-order valence-corrected chi connectivity index (χ2v) is 9.92. The van der Waals surface area contributed by atoms with Crippen molar-refractivity contribution in [2.75, 3.05) is 50.7 Å². The third-order valence-corrected chi connectivity index (χ3v) is 7.85. The molecule has 2 aliphatic rings. The Balaban J connectivity index is 1.11. The molecule has 31 heavy (non-hydrogen) atoms. The molecule has 7 heteroatoms. The van der Waals surface area contributed by atoms with E-state index >= 15 is 0 Å². The SMILES string of the molecule is O=C(CN1CCC(c2nc3cc(Cl)ccc3s2)CC1)N1CCN(c2ccccc2)CC1. The molecule has 0 aliphatic carbocycles. The molecule has 0 spiro atoms. The number of amides is 1. The van der Waals surface area contributed by atoms with E-state index in [2.05, 4.69) is 40.1 Å². The maximum atomic E-state index is 12.9. The van der Waals surface area contributed by atoms with Gasteiger partial charge in [0.05, 0.1) is 21.8 Å². The van der Waals surface area contributed by atoms with Crippen LogP contribution in [0.5, 0.6) is 0 Å². The van der Waals surface area contributed by atoms with Crippen LogP contribution in [0, 0.1) is 0 Å². The molecule has 0 saturated carbocycles. The summed E-state index contributed by atoms with van der Waals surface area (Å²) >= 11 is 7.88. The Labute approximate surface area is 192 Å². The number of hydrogen-bond acceptors (Lipinski definition) is 5. The van der Waals surface area contributed by atoms with Crippen molar-refractivity contribution in [1.29, 1.82) is 0 Å². The Hall–Kier alpha value is -2.15. The van der Waals surface area contributed by atoms with Crippen LogP contribution in [0.1, 0.15) is 23.8 Å². The first-order valence-corrected chi connectivity index (χ1v) is 12.2. The minimum Gasteiger partial charge on any atom is -0.368 e. The highest BCUT2D eigenvalue weighted by Crippen LogP contribution is 2.34. The third kappa shape index (κ3) is 4.71. The average Bonchev–Trinajstić information content (AvgIpc) is 3.23. The number of rotatable bonds is 4. The van der Waals surface area contributed by atoms with Crippen LogP contribution in [0.4, 0.5) is 5.69 Å². The quantitative estimate of drug-likeness (QED) is 0.582. The zero-order chi connectivity index (χ0) is 21.2. The zero-order valence-corrected chi connectivity index (χ0v) is 19.1. The zero-order valence-electron chi connectivity index (χ0n) is 17.5. The van der Waals surface area contributed by atoms with Gasteiger partial charge >= 0.3 is 0 Å². The van der Waals surface area contributed by atoms with Gasteiger partial charge < -0.3 is 9.80 Å². The molecule has 0 atom stereocenters. The Morgan fingerprint density at radius 3 is 2.48 bits per heavy atom. The number of piperidine rings is 1. The fraction of sp³-hybridized carbons (Fsp3) is 0.417. The summed E-state index contributed by atoms with van der Waals surface area (Å²) in [6.45, 7) is 5.86. The maximum Gasteiger partial charge on any atom is 0.236 e. The highest BCUT2D eigenvalue weighted by molar-refractivity contribution is 7.18. The highest BCUT2D eigenvalue weighted by atomic mass is 35.5. The van der Waals surface area contributed by atoms with Gasteiger partial charge in [-0.2, -0.15) is 0 Å². The van der Waals surface area contributed by atoms with Gasteiger partial charge in [-0.25, -0.2) is 4.98 Å². The van der Waals surface area contributed by atoms with E-state index in [-0.39, 0.29) is 5.91 Å². The van der Waals surface area contributed by atoms with Gasteiger partial charge in [0.15, 0.2) is 0 Å². The number of hydrogen-bond donors (Lipinski definition) is 0. The maximum absolute atomic E-state index is 12.9. The molecule has 1 amide bonds. The van der Waals surface area contributed by atoms with Crippen LogP contribution in [0.3, 0.4) is 0 Å². The number of aromatic nitrogens is 1. The lowest BCUT2D eigenvalue weighted by molar-refractivity contribution is -0.133. The van der Waals surface area contributed by atoms with Crippen LogP contribution < -0.4 is 4.90 Å². The van der Waals surface area contributed by atoms with Gasteiger partial charge in [0.2, 0.25) is 5.91 Å². The van der Waals surface area contributed by atoms with Gasteiger partial charge in [0, 0.05) is 42.8 Å². The molecule has 0 unspecified atom stereocenters. The van der Waals surface area contributed by atoms with Crippen molar-refractivity contribution in [2.45, 2.75) is 18.8 Å².